The van der Waals surface area contributed by atoms with Crippen molar-refractivity contribution in [2.75, 3.05) is 26.5 Å². The molecule has 0 unspecified atom stereocenters. The first-order valence-corrected chi connectivity index (χ1v) is 11.4. The quantitative estimate of drug-likeness (QED) is 0.513. The molecule has 1 saturated heterocycles. The first kappa shape index (κ1) is 21.1. The first-order valence-electron chi connectivity index (χ1n) is 11.4. The summed E-state index contributed by atoms with van der Waals surface area (Å²) in [6.45, 7) is 1.84. The summed E-state index contributed by atoms with van der Waals surface area (Å²) in [6.07, 6.45) is 6.28. The molecule has 168 valence electrons. The molecule has 0 bridgehead atoms. The second-order valence-electron chi connectivity index (χ2n) is 8.34. The maximum absolute atomic E-state index is 12.8. The fraction of sp³-hybridized carbons (Fsp3) is 0.250. The SMILES string of the molecule is O=C(COc1ccccc1-c1ccccc1)N1CCC(/C=C/c2ccc3c(c2)OCO3)CC1. The molecule has 3 aromatic rings. The van der Waals surface area contributed by atoms with Crippen molar-refractivity contribution < 1.29 is 19.0 Å². The molecule has 0 spiro atoms. The summed E-state index contributed by atoms with van der Waals surface area (Å²) in [5.41, 5.74) is 3.18. The number of para-hydroxylation sites is 1. The largest absolute Gasteiger partial charge is 0.483 e. The Labute approximate surface area is 194 Å². The van der Waals surface area contributed by atoms with Crippen LogP contribution in [-0.2, 0) is 4.79 Å². The van der Waals surface area contributed by atoms with Gasteiger partial charge in [0.2, 0.25) is 6.79 Å². The van der Waals surface area contributed by atoms with Gasteiger partial charge in [-0.15, -0.1) is 0 Å². The van der Waals surface area contributed by atoms with E-state index in [2.05, 4.69) is 12.2 Å². The van der Waals surface area contributed by atoms with Gasteiger partial charge >= 0.3 is 0 Å². The highest BCUT2D eigenvalue weighted by Gasteiger charge is 2.22. The molecule has 5 nitrogen and oxygen atoms in total. The molecule has 33 heavy (non-hydrogen) atoms. The number of hydrogen-bond donors (Lipinski definition) is 0. The number of nitrogens with zero attached hydrogens (tertiary/aromatic N) is 1. The lowest BCUT2D eigenvalue weighted by Crippen LogP contribution is -2.40. The van der Waals surface area contributed by atoms with Crippen LogP contribution in [0.5, 0.6) is 17.2 Å². The Morgan fingerprint density at radius 3 is 2.55 bits per heavy atom. The molecule has 0 aromatic heterocycles. The molecule has 0 radical (unpaired) electrons. The van der Waals surface area contributed by atoms with Crippen LogP contribution in [0.15, 0.2) is 78.9 Å². The van der Waals surface area contributed by atoms with Crippen molar-refractivity contribution in [2.45, 2.75) is 12.8 Å². The Kier molecular flexibility index (Phi) is 6.29. The highest BCUT2D eigenvalue weighted by Crippen LogP contribution is 2.33. The Bertz CT molecular complexity index is 1130. The van der Waals surface area contributed by atoms with E-state index in [9.17, 15) is 4.79 Å². The van der Waals surface area contributed by atoms with Crippen LogP contribution in [0.2, 0.25) is 0 Å². The minimum Gasteiger partial charge on any atom is -0.483 e. The third-order valence-corrected chi connectivity index (χ3v) is 6.17. The van der Waals surface area contributed by atoms with Crippen molar-refractivity contribution in [3.05, 3.63) is 84.4 Å². The smallest absolute Gasteiger partial charge is 0.260 e. The van der Waals surface area contributed by atoms with Gasteiger partial charge < -0.3 is 19.1 Å². The molecule has 0 saturated carbocycles. The Morgan fingerprint density at radius 1 is 0.939 bits per heavy atom. The number of carbonyl (C=O) groups is 1. The van der Waals surface area contributed by atoms with E-state index < -0.39 is 0 Å². The maximum atomic E-state index is 12.8. The van der Waals surface area contributed by atoms with E-state index in [1.165, 1.54) is 0 Å². The van der Waals surface area contributed by atoms with Crippen molar-refractivity contribution in [2.24, 2.45) is 5.92 Å². The second-order valence-corrected chi connectivity index (χ2v) is 8.34. The lowest BCUT2D eigenvalue weighted by Gasteiger charge is -2.30. The molecule has 1 amide bonds. The Hall–Kier alpha value is -3.73. The Morgan fingerprint density at radius 2 is 1.70 bits per heavy atom. The molecule has 0 N–H and O–H groups in total. The summed E-state index contributed by atoms with van der Waals surface area (Å²) in [7, 11) is 0. The summed E-state index contributed by atoms with van der Waals surface area (Å²) >= 11 is 0. The summed E-state index contributed by atoms with van der Waals surface area (Å²) < 4.78 is 16.8. The van der Waals surface area contributed by atoms with Crippen molar-refractivity contribution >= 4 is 12.0 Å². The normalized spacial score (nSPS) is 15.7. The molecular weight excluding hydrogens is 414 g/mol. The van der Waals surface area contributed by atoms with Crippen LogP contribution in [0.25, 0.3) is 17.2 Å². The fourth-order valence-electron chi connectivity index (χ4n) is 4.28. The highest BCUT2D eigenvalue weighted by atomic mass is 16.7. The number of ether oxygens (including phenoxy) is 3. The van der Waals surface area contributed by atoms with Crippen LogP contribution >= 0.6 is 0 Å². The van der Waals surface area contributed by atoms with E-state index in [0.29, 0.717) is 5.92 Å². The third-order valence-electron chi connectivity index (χ3n) is 6.17. The average Bonchev–Trinajstić information content (AvgIpc) is 3.35. The third kappa shape index (κ3) is 5.03. The van der Waals surface area contributed by atoms with Gasteiger partial charge in [0.05, 0.1) is 0 Å². The number of allylic oxidation sites excluding steroid dienone is 1. The van der Waals surface area contributed by atoms with Gasteiger partial charge in [-0.1, -0.05) is 66.7 Å². The number of hydrogen-bond acceptors (Lipinski definition) is 4. The predicted molar refractivity (Wildman–Crippen MR) is 128 cm³/mol. The van der Waals surface area contributed by atoms with Gasteiger partial charge in [-0.05, 0) is 48.1 Å². The van der Waals surface area contributed by atoms with E-state index >= 15 is 0 Å². The van der Waals surface area contributed by atoms with Gasteiger partial charge in [0, 0.05) is 18.7 Å². The van der Waals surface area contributed by atoms with Crippen LogP contribution in [0.1, 0.15) is 18.4 Å². The molecule has 2 aliphatic rings. The number of benzene rings is 3. The van der Waals surface area contributed by atoms with Crippen molar-refractivity contribution in [1.29, 1.82) is 0 Å². The van der Waals surface area contributed by atoms with Crippen molar-refractivity contribution in [3.8, 4) is 28.4 Å². The topological polar surface area (TPSA) is 48.0 Å². The highest BCUT2D eigenvalue weighted by molar-refractivity contribution is 5.78. The zero-order valence-corrected chi connectivity index (χ0v) is 18.5. The summed E-state index contributed by atoms with van der Waals surface area (Å²) in [4.78, 5) is 14.7. The lowest BCUT2D eigenvalue weighted by atomic mass is 9.95. The van der Waals surface area contributed by atoms with Crippen molar-refractivity contribution in [3.63, 3.8) is 0 Å². The molecule has 5 rings (SSSR count). The van der Waals surface area contributed by atoms with Gasteiger partial charge in [0.1, 0.15) is 5.75 Å². The number of likely N-dealkylation sites (tertiary alicyclic amines) is 1. The summed E-state index contributed by atoms with van der Waals surface area (Å²) in [6, 6.07) is 23.9. The van der Waals surface area contributed by atoms with Gasteiger partial charge in [0.15, 0.2) is 18.1 Å². The van der Waals surface area contributed by atoms with Crippen LogP contribution in [0.4, 0.5) is 0 Å². The number of piperidine rings is 1. The molecule has 0 atom stereocenters. The molecule has 2 heterocycles. The zero-order chi connectivity index (χ0) is 22.5. The van der Waals surface area contributed by atoms with Gasteiger partial charge in [-0.2, -0.15) is 0 Å². The number of rotatable bonds is 6. The maximum Gasteiger partial charge on any atom is 0.260 e. The van der Waals surface area contributed by atoms with E-state index in [0.717, 1.165) is 59.9 Å². The van der Waals surface area contributed by atoms with Crippen LogP contribution in [0.3, 0.4) is 0 Å². The molecule has 5 heteroatoms. The average molecular weight is 442 g/mol. The minimum atomic E-state index is 0.0380. The van der Waals surface area contributed by atoms with E-state index in [1.54, 1.807) is 0 Å². The zero-order valence-electron chi connectivity index (χ0n) is 18.5. The number of fused-ring (bicyclic) bond motifs is 1. The van der Waals surface area contributed by atoms with E-state index in [1.807, 2.05) is 77.7 Å². The van der Waals surface area contributed by atoms with Gasteiger partial charge in [0.25, 0.3) is 5.91 Å². The molecular formula is C28H27NO4. The van der Waals surface area contributed by atoms with Crippen LogP contribution < -0.4 is 14.2 Å². The predicted octanol–water partition coefficient (Wildman–Crippen LogP) is 5.41. The minimum absolute atomic E-state index is 0.0380. The molecule has 3 aromatic carbocycles. The number of amides is 1. The summed E-state index contributed by atoms with van der Waals surface area (Å²) in [5.74, 6) is 2.83. The first-order chi connectivity index (χ1) is 16.3. The van der Waals surface area contributed by atoms with E-state index in [4.69, 9.17) is 14.2 Å². The Balaban J connectivity index is 1.13. The lowest BCUT2D eigenvalue weighted by molar-refractivity contribution is -0.134. The van der Waals surface area contributed by atoms with E-state index in [-0.39, 0.29) is 19.3 Å². The molecule has 1 fully saturated rings. The van der Waals surface area contributed by atoms with Gasteiger partial charge in [-0.25, -0.2) is 0 Å². The van der Waals surface area contributed by atoms with Crippen LogP contribution in [-0.4, -0.2) is 37.3 Å². The molecule has 2 aliphatic heterocycles. The monoisotopic (exact) mass is 441 g/mol. The standard InChI is InChI=1S/C28H27NO4/c30-28(19-31-25-9-5-4-8-24(25)23-6-2-1-3-7-23)29-16-14-21(15-17-29)10-11-22-12-13-26-27(18-22)33-20-32-26/h1-13,18,21H,14-17,19-20H2/b11-10+. The van der Waals surface area contributed by atoms with Gasteiger partial charge in [-0.3, -0.25) is 4.79 Å². The molecule has 0 aliphatic carbocycles. The van der Waals surface area contributed by atoms with Crippen molar-refractivity contribution in [1.82, 2.24) is 4.90 Å². The second kappa shape index (κ2) is 9.82. The van der Waals surface area contributed by atoms with Crippen LogP contribution in [0, 0.1) is 5.92 Å². The fourth-order valence-corrected chi connectivity index (χ4v) is 4.28. The summed E-state index contributed by atoms with van der Waals surface area (Å²) in [5, 5.41) is 0. The number of carbonyl (C=O) groups excluding carboxylic acids is 1.